The zero-order chi connectivity index (χ0) is 21.1. The van der Waals surface area contributed by atoms with Gasteiger partial charge in [0.15, 0.2) is 12.4 Å². The lowest BCUT2D eigenvalue weighted by Gasteiger charge is -2.22. The highest BCUT2D eigenvalue weighted by atomic mass is 16.5. The predicted octanol–water partition coefficient (Wildman–Crippen LogP) is 4.05. The van der Waals surface area contributed by atoms with E-state index in [1.54, 1.807) is 41.3 Å². The quantitative estimate of drug-likeness (QED) is 0.480. The lowest BCUT2D eigenvalue weighted by atomic mass is 10.0. The molecule has 0 aliphatic carbocycles. The van der Waals surface area contributed by atoms with Crippen molar-refractivity contribution in [3.05, 3.63) is 101 Å². The highest BCUT2D eigenvalue weighted by molar-refractivity contribution is 6.09. The number of fused-ring (bicyclic) bond motifs is 1. The zero-order valence-electron chi connectivity index (χ0n) is 16.6. The second-order valence-corrected chi connectivity index (χ2v) is 7.29. The van der Waals surface area contributed by atoms with E-state index in [4.69, 9.17) is 4.74 Å². The van der Waals surface area contributed by atoms with Crippen LogP contribution in [0.5, 0.6) is 0 Å². The Labute approximate surface area is 174 Å². The third kappa shape index (κ3) is 3.87. The average Bonchev–Trinajstić information content (AvgIpc) is 3.13. The molecule has 3 aromatic carbocycles. The van der Waals surface area contributed by atoms with Gasteiger partial charge in [-0.3, -0.25) is 9.59 Å². The van der Waals surface area contributed by atoms with Crippen molar-refractivity contribution in [2.75, 3.05) is 11.5 Å². The Bertz CT molecular complexity index is 1090. The van der Waals surface area contributed by atoms with Crippen LogP contribution in [0.2, 0.25) is 0 Å². The Morgan fingerprint density at radius 1 is 0.833 bits per heavy atom. The number of hydrogen-bond acceptors (Lipinski definition) is 4. The van der Waals surface area contributed by atoms with E-state index in [9.17, 15) is 14.4 Å². The van der Waals surface area contributed by atoms with Crippen LogP contribution in [0.4, 0.5) is 5.69 Å². The molecule has 30 heavy (non-hydrogen) atoms. The molecule has 1 aliphatic rings. The molecule has 1 amide bonds. The number of hydrogen-bond donors (Lipinski definition) is 0. The molecule has 0 saturated carbocycles. The summed E-state index contributed by atoms with van der Waals surface area (Å²) in [5.41, 5.74) is 3.34. The molecular weight excluding hydrogens is 378 g/mol. The minimum absolute atomic E-state index is 0.0249. The number of rotatable bonds is 5. The molecule has 0 unspecified atom stereocenters. The van der Waals surface area contributed by atoms with E-state index in [1.165, 1.54) is 12.1 Å². The Hall–Kier alpha value is -3.73. The van der Waals surface area contributed by atoms with E-state index in [1.807, 2.05) is 37.3 Å². The third-order valence-corrected chi connectivity index (χ3v) is 5.22. The average molecular weight is 399 g/mol. The lowest BCUT2D eigenvalue weighted by Crippen LogP contribution is -2.38. The van der Waals surface area contributed by atoms with Crippen molar-refractivity contribution in [1.82, 2.24) is 0 Å². The first kappa shape index (κ1) is 19.6. The largest absolute Gasteiger partial charge is 0.452 e. The molecular formula is C25H21NO4. The van der Waals surface area contributed by atoms with Crippen LogP contribution < -0.4 is 4.90 Å². The second kappa shape index (κ2) is 8.33. The van der Waals surface area contributed by atoms with Gasteiger partial charge in [-0.1, -0.05) is 60.7 Å². The van der Waals surface area contributed by atoms with Crippen molar-refractivity contribution < 1.29 is 19.1 Å². The molecule has 0 aromatic heterocycles. The fourth-order valence-corrected chi connectivity index (χ4v) is 3.74. The van der Waals surface area contributed by atoms with Gasteiger partial charge in [0.05, 0.1) is 5.56 Å². The van der Waals surface area contributed by atoms with Crippen LogP contribution in [-0.4, -0.2) is 30.3 Å². The van der Waals surface area contributed by atoms with Crippen LogP contribution in [0.1, 0.15) is 38.8 Å². The normalized spacial score (nSPS) is 14.8. The maximum absolute atomic E-state index is 12.7. The number of benzene rings is 3. The van der Waals surface area contributed by atoms with Crippen LogP contribution in [0.25, 0.3) is 0 Å². The minimum Gasteiger partial charge on any atom is -0.452 e. The Morgan fingerprint density at radius 3 is 2.17 bits per heavy atom. The topological polar surface area (TPSA) is 63.7 Å². The molecule has 0 bridgehead atoms. The van der Waals surface area contributed by atoms with Crippen LogP contribution in [0, 0.1) is 0 Å². The number of carbonyl (C=O) groups excluding carboxylic acids is 3. The summed E-state index contributed by atoms with van der Waals surface area (Å²) in [6.07, 6.45) is 0.784. The van der Waals surface area contributed by atoms with Gasteiger partial charge in [-0.25, -0.2) is 4.79 Å². The van der Waals surface area contributed by atoms with Crippen LogP contribution in [0.15, 0.2) is 78.9 Å². The van der Waals surface area contributed by atoms with E-state index < -0.39 is 5.97 Å². The summed E-state index contributed by atoms with van der Waals surface area (Å²) in [6, 6.07) is 23.0. The van der Waals surface area contributed by atoms with Crippen molar-refractivity contribution in [3.8, 4) is 0 Å². The van der Waals surface area contributed by atoms with Gasteiger partial charge in [-0.15, -0.1) is 0 Å². The Kier molecular flexibility index (Phi) is 5.44. The zero-order valence-corrected chi connectivity index (χ0v) is 16.6. The first-order valence-electron chi connectivity index (χ1n) is 9.81. The van der Waals surface area contributed by atoms with E-state index in [2.05, 4.69) is 0 Å². The molecule has 0 N–H and O–H groups in total. The van der Waals surface area contributed by atoms with Crippen molar-refractivity contribution >= 4 is 23.3 Å². The smallest absolute Gasteiger partial charge is 0.338 e. The Balaban J connectivity index is 1.39. The molecule has 0 saturated heterocycles. The van der Waals surface area contributed by atoms with Gasteiger partial charge in [0.2, 0.25) is 0 Å². The SMILES string of the molecule is C[C@H]1Cc2ccccc2N1C(=O)COC(=O)c1ccc(C(=O)c2ccccc2)cc1. The van der Waals surface area contributed by atoms with Crippen molar-refractivity contribution in [2.45, 2.75) is 19.4 Å². The fourth-order valence-electron chi connectivity index (χ4n) is 3.74. The number of ether oxygens (including phenoxy) is 1. The summed E-state index contributed by atoms with van der Waals surface area (Å²) in [5, 5.41) is 0. The maximum atomic E-state index is 12.7. The number of amides is 1. The summed E-state index contributed by atoms with van der Waals surface area (Å²) < 4.78 is 5.24. The molecule has 3 aromatic rings. The molecule has 5 nitrogen and oxygen atoms in total. The van der Waals surface area contributed by atoms with E-state index >= 15 is 0 Å². The number of nitrogens with zero attached hydrogens (tertiary/aromatic N) is 1. The summed E-state index contributed by atoms with van der Waals surface area (Å²) in [6.45, 7) is 1.64. The summed E-state index contributed by atoms with van der Waals surface area (Å²) >= 11 is 0. The van der Waals surface area contributed by atoms with Crippen molar-refractivity contribution in [1.29, 1.82) is 0 Å². The van der Waals surface area contributed by atoms with Gasteiger partial charge in [-0.05, 0) is 37.1 Å². The van der Waals surface area contributed by atoms with Crippen molar-refractivity contribution in [3.63, 3.8) is 0 Å². The van der Waals surface area contributed by atoms with Gasteiger partial charge in [-0.2, -0.15) is 0 Å². The molecule has 4 rings (SSSR count). The number of carbonyl (C=O) groups is 3. The van der Waals surface area contributed by atoms with Gasteiger partial charge < -0.3 is 9.64 Å². The molecule has 1 atom stereocenters. The van der Waals surface area contributed by atoms with Crippen LogP contribution in [-0.2, 0) is 16.0 Å². The predicted molar refractivity (Wildman–Crippen MR) is 114 cm³/mol. The molecule has 150 valence electrons. The number of para-hydroxylation sites is 1. The van der Waals surface area contributed by atoms with Gasteiger partial charge >= 0.3 is 5.97 Å². The van der Waals surface area contributed by atoms with Gasteiger partial charge in [0.25, 0.3) is 5.91 Å². The van der Waals surface area contributed by atoms with Gasteiger partial charge in [0.1, 0.15) is 0 Å². The minimum atomic E-state index is -0.595. The molecule has 0 radical (unpaired) electrons. The molecule has 0 spiro atoms. The van der Waals surface area contributed by atoms with Crippen LogP contribution >= 0.6 is 0 Å². The standard InChI is InChI=1S/C25H21NO4/c1-17-15-21-9-5-6-10-22(21)26(17)23(27)16-30-25(29)20-13-11-19(12-14-20)24(28)18-7-3-2-4-8-18/h2-14,17H,15-16H2,1H3/t17-/m0/s1. The molecule has 1 aliphatic heterocycles. The highest BCUT2D eigenvalue weighted by Crippen LogP contribution is 2.31. The highest BCUT2D eigenvalue weighted by Gasteiger charge is 2.31. The first-order chi connectivity index (χ1) is 14.5. The van der Waals surface area contributed by atoms with Crippen molar-refractivity contribution in [2.24, 2.45) is 0 Å². The van der Waals surface area contributed by atoms with Crippen LogP contribution in [0.3, 0.4) is 0 Å². The fraction of sp³-hybridized carbons (Fsp3) is 0.160. The number of anilines is 1. The van der Waals surface area contributed by atoms with E-state index in [0.29, 0.717) is 16.7 Å². The monoisotopic (exact) mass is 399 g/mol. The summed E-state index contributed by atoms with van der Waals surface area (Å²) in [7, 11) is 0. The number of esters is 1. The van der Waals surface area contributed by atoms with E-state index in [0.717, 1.165) is 17.7 Å². The molecule has 1 heterocycles. The maximum Gasteiger partial charge on any atom is 0.338 e. The molecule has 0 fully saturated rings. The summed E-state index contributed by atoms with van der Waals surface area (Å²) in [5.74, 6) is -0.966. The van der Waals surface area contributed by atoms with Gasteiger partial charge in [0, 0.05) is 22.9 Å². The Morgan fingerprint density at radius 2 is 1.43 bits per heavy atom. The number of ketones is 1. The summed E-state index contributed by atoms with van der Waals surface area (Å²) in [4.78, 5) is 39.2. The first-order valence-corrected chi connectivity index (χ1v) is 9.81. The molecule has 5 heteroatoms. The third-order valence-electron chi connectivity index (χ3n) is 5.22. The van der Waals surface area contributed by atoms with E-state index in [-0.39, 0.29) is 24.3 Å². The second-order valence-electron chi connectivity index (χ2n) is 7.29. The lowest BCUT2D eigenvalue weighted by molar-refractivity contribution is -0.122.